The molecular formula is C35H39FN4O6S. The van der Waals surface area contributed by atoms with Gasteiger partial charge in [0.15, 0.2) is 0 Å². The molecule has 0 radical (unpaired) electrons. The highest BCUT2D eigenvalue weighted by Crippen LogP contribution is 2.41. The molecule has 2 aliphatic rings. The maximum absolute atomic E-state index is 13.8. The van der Waals surface area contributed by atoms with E-state index in [2.05, 4.69) is 14.9 Å². The van der Waals surface area contributed by atoms with Gasteiger partial charge in [0.05, 0.1) is 36.6 Å². The van der Waals surface area contributed by atoms with E-state index in [-0.39, 0.29) is 35.3 Å². The van der Waals surface area contributed by atoms with Crippen LogP contribution in [0.2, 0.25) is 0 Å². The second kappa shape index (κ2) is 13.7. The number of hydrogen-bond acceptors (Lipinski definition) is 7. The van der Waals surface area contributed by atoms with Crippen molar-refractivity contribution in [3.05, 3.63) is 83.2 Å². The van der Waals surface area contributed by atoms with Gasteiger partial charge in [-0.1, -0.05) is 18.2 Å². The van der Waals surface area contributed by atoms with E-state index in [1.165, 1.54) is 31.3 Å². The predicted molar refractivity (Wildman–Crippen MR) is 180 cm³/mol. The zero-order chi connectivity index (χ0) is 33.1. The van der Waals surface area contributed by atoms with Gasteiger partial charge in [-0.3, -0.25) is 14.3 Å². The Hall–Kier alpha value is -4.42. The van der Waals surface area contributed by atoms with E-state index in [1.54, 1.807) is 19.1 Å². The zero-order valence-corrected chi connectivity index (χ0v) is 27.4. The Balaban J connectivity index is 1.36. The quantitative estimate of drug-likeness (QED) is 0.255. The standard InChI is InChI=1S/C35H39FN4O6S/c1-3-47(43,44)38-29-21-31-28(33(35(42)37-2)34(46-31)23-10-12-26(36)13-11-23)20-27(29)25-8-6-14-40(22-25)32(41)19-24-7-4-5-9-30(24)39-15-17-45-18-16-39/h4-5,7,9-13,20-21,25,38H,3,6,8,14-19,22H2,1-2H3,(H,37,42)/t25-/m0/s1. The Labute approximate surface area is 273 Å². The van der Waals surface area contributed by atoms with Gasteiger partial charge < -0.3 is 24.3 Å². The number of amides is 2. The summed E-state index contributed by atoms with van der Waals surface area (Å²) < 4.78 is 53.8. The number of halogens is 1. The number of anilines is 2. The Morgan fingerprint density at radius 2 is 1.77 bits per heavy atom. The second-order valence-electron chi connectivity index (χ2n) is 11.9. The number of benzene rings is 3. The number of rotatable bonds is 9. The summed E-state index contributed by atoms with van der Waals surface area (Å²) in [6.45, 7) is 5.37. The van der Waals surface area contributed by atoms with Crippen molar-refractivity contribution in [2.45, 2.75) is 32.1 Å². The molecule has 12 heteroatoms. The average Bonchev–Trinajstić information content (AvgIpc) is 3.46. The van der Waals surface area contributed by atoms with Crippen molar-refractivity contribution in [3.63, 3.8) is 0 Å². The number of sulfonamides is 1. The fraction of sp³-hybridized carbons (Fsp3) is 0.371. The molecule has 1 atom stereocenters. The van der Waals surface area contributed by atoms with Gasteiger partial charge in [-0.15, -0.1) is 0 Å². The normalized spacial score (nSPS) is 17.1. The van der Waals surface area contributed by atoms with E-state index >= 15 is 0 Å². The number of carbonyl (C=O) groups is 2. The molecule has 1 aromatic heterocycles. The molecule has 4 aromatic rings. The monoisotopic (exact) mass is 662 g/mol. The van der Waals surface area contributed by atoms with Crippen LogP contribution < -0.4 is 14.9 Å². The van der Waals surface area contributed by atoms with E-state index in [4.69, 9.17) is 9.15 Å². The molecule has 0 saturated carbocycles. The minimum Gasteiger partial charge on any atom is -0.455 e. The Bertz CT molecular complexity index is 1890. The second-order valence-corrected chi connectivity index (χ2v) is 13.9. The van der Waals surface area contributed by atoms with Crippen LogP contribution in [0.5, 0.6) is 0 Å². The highest BCUT2D eigenvalue weighted by molar-refractivity contribution is 7.92. The first-order valence-corrected chi connectivity index (χ1v) is 17.6. The van der Waals surface area contributed by atoms with Crippen molar-refractivity contribution in [2.24, 2.45) is 0 Å². The maximum atomic E-state index is 13.8. The van der Waals surface area contributed by atoms with Gasteiger partial charge in [0, 0.05) is 61.8 Å². The van der Waals surface area contributed by atoms with Gasteiger partial charge in [0.1, 0.15) is 17.2 Å². The molecule has 2 aliphatic heterocycles. The molecule has 2 N–H and O–H groups in total. The maximum Gasteiger partial charge on any atom is 0.255 e. The summed E-state index contributed by atoms with van der Waals surface area (Å²) in [5.74, 6) is -0.908. The fourth-order valence-electron chi connectivity index (χ4n) is 6.49. The summed E-state index contributed by atoms with van der Waals surface area (Å²) in [5, 5.41) is 3.17. The van der Waals surface area contributed by atoms with Crippen molar-refractivity contribution in [2.75, 3.05) is 61.8 Å². The van der Waals surface area contributed by atoms with Crippen LogP contribution in [0.3, 0.4) is 0 Å². The number of likely N-dealkylation sites (tertiary alicyclic amines) is 1. The zero-order valence-electron chi connectivity index (χ0n) is 26.6. The lowest BCUT2D eigenvalue weighted by Gasteiger charge is -2.35. The molecule has 0 unspecified atom stereocenters. The van der Waals surface area contributed by atoms with E-state index in [0.717, 1.165) is 37.2 Å². The summed E-state index contributed by atoms with van der Waals surface area (Å²) in [5.41, 5.74) is 4.11. The van der Waals surface area contributed by atoms with Gasteiger partial charge in [-0.2, -0.15) is 0 Å². The van der Waals surface area contributed by atoms with Crippen LogP contribution in [-0.4, -0.2) is 77.3 Å². The molecule has 10 nitrogen and oxygen atoms in total. The highest BCUT2D eigenvalue weighted by Gasteiger charge is 2.30. The third kappa shape index (κ3) is 6.98. The van der Waals surface area contributed by atoms with Crippen LogP contribution in [0.25, 0.3) is 22.3 Å². The van der Waals surface area contributed by atoms with Crippen LogP contribution in [-0.2, 0) is 26.0 Å². The molecule has 3 aromatic carbocycles. The number of nitrogens with one attached hydrogen (secondary N) is 2. The summed E-state index contributed by atoms with van der Waals surface area (Å²) in [6, 6.07) is 17.0. The summed E-state index contributed by atoms with van der Waals surface area (Å²) in [7, 11) is -2.16. The third-order valence-electron chi connectivity index (χ3n) is 8.97. The molecule has 0 spiro atoms. The van der Waals surface area contributed by atoms with E-state index < -0.39 is 21.7 Å². The topological polar surface area (TPSA) is 121 Å². The predicted octanol–water partition coefficient (Wildman–Crippen LogP) is 5.15. The number of carbonyl (C=O) groups excluding carboxylic acids is 2. The lowest BCUT2D eigenvalue weighted by molar-refractivity contribution is -0.131. The smallest absolute Gasteiger partial charge is 0.255 e. The third-order valence-corrected chi connectivity index (χ3v) is 10.3. The largest absolute Gasteiger partial charge is 0.455 e. The van der Waals surface area contributed by atoms with Gasteiger partial charge in [0.25, 0.3) is 5.91 Å². The molecule has 2 saturated heterocycles. The average molecular weight is 663 g/mol. The van der Waals surface area contributed by atoms with Crippen LogP contribution in [0.1, 0.15) is 47.2 Å². The molecule has 47 heavy (non-hydrogen) atoms. The van der Waals surface area contributed by atoms with Crippen molar-refractivity contribution in [1.29, 1.82) is 0 Å². The summed E-state index contributed by atoms with van der Waals surface area (Å²) >= 11 is 0. The number of morpholine rings is 1. The van der Waals surface area contributed by atoms with Crippen molar-refractivity contribution < 1.29 is 31.6 Å². The van der Waals surface area contributed by atoms with Crippen LogP contribution in [0.4, 0.5) is 15.8 Å². The van der Waals surface area contributed by atoms with Crippen molar-refractivity contribution in [3.8, 4) is 11.3 Å². The van der Waals surface area contributed by atoms with Crippen molar-refractivity contribution >= 4 is 44.2 Å². The number of furan rings is 1. The van der Waals surface area contributed by atoms with Gasteiger partial charge in [-0.25, -0.2) is 12.8 Å². The lowest BCUT2D eigenvalue weighted by Crippen LogP contribution is -2.41. The van der Waals surface area contributed by atoms with E-state index in [0.29, 0.717) is 54.1 Å². The molecule has 3 heterocycles. The molecular weight excluding hydrogens is 623 g/mol. The Morgan fingerprint density at radius 3 is 2.49 bits per heavy atom. The van der Waals surface area contributed by atoms with Crippen LogP contribution in [0, 0.1) is 5.82 Å². The summed E-state index contributed by atoms with van der Waals surface area (Å²) in [4.78, 5) is 31.1. The number of nitrogens with zero attached hydrogens (tertiary/aromatic N) is 2. The molecule has 0 bridgehead atoms. The fourth-order valence-corrected chi connectivity index (χ4v) is 7.14. The Morgan fingerprint density at radius 1 is 1.02 bits per heavy atom. The minimum atomic E-state index is -3.68. The Kier molecular flexibility index (Phi) is 9.51. The molecule has 0 aliphatic carbocycles. The highest BCUT2D eigenvalue weighted by atomic mass is 32.2. The number of fused-ring (bicyclic) bond motifs is 1. The number of para-hydroxylation sites is 1. The van der Waals surface area contributed by atoms with Crippen molar-refractivity contribution in [1.82, 2.24) is 10.2 Å². The van der Waals surface area contributed by atoms with Gasteiger partial charge in [0.2, 0.25) is 15.9 Å². The summed E-state index contributed by atoms with van der Waals surface area (Å²) in [6.07, 6.45) is 1.70. The minimum absolute atomic E-state index is 0.000123. The first-order chi connectivity index (χ1) is 22.7. The molecule has 248 valence electrons. The first-order valence-electron chi connectivity index (χ1n) is 15.9. The number of ether oxygens (including phenoxy) is 1. The molecule has 2 amide bonds. The van der Waals surface area contributed by atoms with E-state index in [9.17, 15) is 22.4 Å². The van der Waals surface area contributed by atoms with E-state index in [1.807, 2.05) is 29.2 Å². The number of piperidine rings is 1. The van der Waals surface area contributed by atoms with Crippen LogP contribution >= 0.6 is 0 Å². The SMILES string of the molecule is CCS(=O)(=O)Nc1cc2oc(-c3ccc(F)cc3)c(C(=O)NC)c2cc1[C@H]1CCCN(C(=O)Cc2ccccc2N2CCOCC2)C1. The van der Waals surface area contributed by atoms with Crippen LogP contribution in [0.15, 0.2) is 65.1 Å². The first kappa shape index (κ1) is 32.5. The lowest BCUT2D eigenvalue weighted by atomic mass is 9.88. The molecule has 6 rings (SSSR count). The van der Waals surface area contributed by atoms with Gasteiger partial charge >= 0.3 is 0 Å². The van der Waals surface area contributed by atoms with Gasteiger partial charge in [-0.05, 0) is 67.3 Å². The molecule has 2 fully saturated rings. The number of hydrogen-bond donors (Lipinski definition) is 2.